The standard InChI is InChI=1S/C17H15ClN2O5/c1-2-25-17(22)11-16(21)19(13-6-4-3-5-7-13)15-10-12(18)8-9-14(15)20(23)24/h3-10H,2,11H2,1H3/i8D,9D,10D,11D2. The fraction of sp³-hybridized carbons (Fsp3) is 0.176. The lowest BCUT2D eigenvalue weighted by Crippen LogP contribution is -2.29. The number of esters is 1. The van der Waals surface area contributed by atoms with Crippen molar-refractivity contribution in [1.29, 1.82) is 0 Å². The number of anilines is 2. The van der Waals surface area contributed by atoms with E-state index in [2.05, 4.69) is 4.74 Å². The number of nitrogens with zero attached hydrogens (tertiary/aromatic N) is 2. The van der Waals surface area contributed by atoms with Crippen LogP contribution in [0.25, 0.3) is 0 Å². The average Bonchev–Trinajstić information content (AvgIpc) is 2.70. The zero-order chi connectivity index (χ0) is 22.8. The molecule has 2 aromatic carbocycles. The Morgan fingerprint density at radius 3 is 2.64 bits per heavy atom. The van der Waals surface area contributed by atoms with E-state index in [0.29, 0.717) is 4.90 Å². The molecule has 130 valence electrons. The molecule has 0 aliphatic carbocycles. The Labute approximate surface area is 155 Å². The summed E-state index contributed by atoms with van der Waals surface area (Å²) in [5.74, 6) is -3.11. The van der Waals surface area contributed by atoms with E-state index in [1.54, 1.807) is 6.07 Å². The highest BCUT2D eigenvalue weighted by Crippen LogP contribution is 2.36. The summed E-state index contributed by atoms with van der Waals surface area (Å²) in [4.78, 5) is 36.2. The second-order valence-electron chi connectivity index (χ2n) is 4.46. The topological polar surface area (TPSA) is 89.8 Å². The molecule has 0 saturated heterocycles. The van der Waals surface area contributed by atoms with Crippen LogP contribution >= 0.6 is 11.6 Å². The molecule has 0 bridgehead atoms. The molecule has 0 aliphatic rings. The molecular weight excluding hydrogens is 348 g/mol. The maximum absolute atomic E-state index is 13.1. The van der Waals surface area contributed by atoms with Crippen LogP contribution < -0.4 is 4.90 Å². The van der Waals surface area contributed by atoms with Crippen LogP contribution in [0.5, 0.6) is 0 Å². The molecule has 0 aliphatic heterocycles. The molecule has 0 aromatic heterocycles. The van der Waals surface area contributed by atoms with Crippen molar-refractivity contribution in [1.82, 2.24) is 0 Å². The van der Waals surface area contributed by atoms with E-state index in [0.717, 1.165) is 0 Å². The van der Waals surface area contributed by atoms with Gasteiger partial charge in [0.05, 0.1) is 15.6 Å². The smallest absolute Gasteiger partial charge is 0.315 e. The molecule has 25 heavy (non-hydrogen) atoms. The molecule has 0 fully saturated rings. The third-order valence-corrected chi connectivity index (χ3v) is 3.04. The molecule has 0 atom stereocenters. The predicted octanol–water partition coefficient (Wildman–Crippen LogP) is 3.87. The number of nitro groups is 1. The third-order valence-electron chi connectivity index (χ3n) is 2.85. The van der Waals surface area contributed by atoms with Crippen LogP contribution in [-0.4, -0.2) is 23.4 Å². The molecule has 0 heterocycles. The summed E-state index contributed by atoms with van der Waals surface area (Å²) in [5, 5.41) is 11.0. The fourth-order valence-corrected chi connectivity index (χ4v) is 2.03. The molecule has 0 unspecified atom stereocenters. The first kappa shape index (κ1) is 12.4. The molecule has 0 spiro atoms. The monoisotopic (exact) mass is 367 g/mol. The van der Waals surface area contributed by atoms with E-state index in [-0.39, 0.29) is 12.3 Å². The van der Waals surface area contributed by atoms with Crippen molar-refractivity contribution in [2.45, 2.75) is 13.3 Å². The van der Waals surface area contributed by atoms with E-state index in [1.165, 1.54) is 31.2 Å². The Morgan fingerprint density at radius 2 is 2.04 bits per heavy atom. The Hall–Kier alpha value is -2.93. The van der Waals surface area contributed by atoms with Crippen molar-refractivity contribution < 1.29 is 26.1 Å². The molecule has 8 heteroatoms. The van der Waals surface area contributed by atoms with Crippen molar-refractivity contribution in [3.05, 3.63) is 63.6 Å². The highest BCUT2D eigenvalue weighted by molar-refractivity contribution is 6.31. The summed E-state index contributed by atoms with van der Waals surface area (Å²) in [7, 11) is 0. The summed E-state index contributed by atoms with van der Waals surface area (Å²) in [6, 6.07) is 4.38. The van der Waals surface area contributed by atoms with Crippen LogP contribution in [0, 0.1) is 10.1 Å². The van der Waals surface area contributed by atoms with Gasteiger partial charge in [-0.05, 0) is 31.1 Å². The van der Waals surface area contributed by atoms with Crippen LogP contribution in [-0.2, 0) is 14.3 Å². The predicted molar refractivity (Wildman–Crippen MR) is 92.9 cm³/mol. The zero-order valence-corrected chi connectivity index (χ0v) is 13.7. The van der Waals surface area contributed by atoms with Gasteiger partial charge in [-0.3, -0.25) is 24.6 Å². The van der Waals surface area contributed by atoms with Gasteiger partial charge >= 0.3 is 5.97 Å². The summed E-state index contributed by atoms with van der Waals surface area (Å²) in [6.07, 6.45) is -3.28. The molecule has 2 aromatic rings. The van der Waals surface area contributed by atoms with Gasteiger partial charge < -0.3 is 4.74 Å². The van der Waals surface area contributed by atoms with E-state index in [9.17, 15) is 19.7 Å². The van der Waals surface area contributed by atoms with Crippen molar-refractivity contribution in [3.63, 3.8) is 0 Å². The maximum atomic E-state index is 13.1. The minimum absolute atomic E-state index is 0.125. The quantitative estimate of drug-likeness (QED) is 0.334. The van der Waals surface area contributed by atoms with Gasteiger partial charge in [-0.25, -0.2) is 0 Å². The second-order valence-corrected chi connectivity index (χ2v) is 4.84. The average molecular weight is 368 g/mol. The van der Waals surface area contributed by atoms with Crippen LogP contribution in [0.4, 0.5) is 17.1 Å². The number of carbonyl (C=O) groups is 2. The van der Waals surface area contributed by atoms with Crippen LogP contribution in [0.15, 0.2) is 48.5 Å². The van der Waals surface area contributed by atoms with Crippen molar-refractivity contribution >= 4 is 40.5 Å². The lowest BCUT2D eigenvalue weighted by molar-refractivity contribution is -0.384. The number of amides is 1. The number of rotatable bonds is 6. The lowest BCUT2D eigenvalue weighted by atomic mass is 10.2. The lowest BCUT2D eigenvalue weighted by Gasteiger charge is -2.22. The third kappa shape index (κ3) is 4.54. The van der Waals surface area contributed by atoms with Gasteiger partial charge in [0.25, 0.3) is 5.69 Å². The number of ether oxygens (including phenoxy) is 1. The van der Waals surface area contributed by atoms with Crippen LogP contribution in [0.3, 0.4) is 0 Å². The number of halogens is 1. The van der Waals surface area contributed by atoms with Gasteiger partial charge in [0.15, 0.2) is 0 Å². The molecule has 7 nitrogen and oxygen atoms in total. The Kier molecular flexibility index (Phi) is 4.10. The normalized spacial score (nSPS) is 13.6. The van der Waals surface area contributed by atoms with Gasteiger partial charge in [-0.2, -0.15) is 0 Å². The van der Waals surface area contributed by atoms with Gasteiger partial charge in [-0.15, -0.1) is 0 Å². The summed E-state index contributed by atoms with van der Waals surface area (Å²) in [6.45, 7) is 1.18. The number of carbonyl (C=O) groups excluding carboxylic acids is 2. The zero-order valence-electron chi connectivity index (χ0n) is 17.9. The van der Waals surface area contributed by atoms with E-state index >= 15 is 0 Å². The first-order chi connectivity index (χ1) is 14.0. The maximum Gasteiger partial charge on any atom is 0.315 e. The fourth-order valence-electron chi connectivity index (χ4n) is 1.90. The first-order valence-electron chi connectivity index (χ1n) is 9.47. The molecule has 0 radical (unpaired) electrons. The van der Waals surface area contributed by atoms with E-state index in [1.807, 2.05) is 0 Å². The summed E-state index contributed by atoms with van der Waals surface area (Å²) in [5.41, 5.74) is -2.07. The van der Waals surface area contributed by atoms with Crippen LogP contribution in [0.2, 0.25) is 5.02 Å². The molecule has 1 amide bonds. The summed E-state index contributed by atoms with van der Waals surface area (Å²) >= 11 is 5.89. The molecular formula is C17H15ClN2O5. The van der Waals surface area contributed by atoms with Crippen molar-refractivity contribution in [2.24, 2.45) is 0 Å². The Morgan fingerprint density at radius 1 is 1.36 bits per heavy atom. The highest BCUT2D eigenvalue weighted by atomic mass is 35.5. The van der Waals surface area contributed by atoms with Gasteiger partial charge in [0.2, 0.25) is 5.91 Å². The van der Waals surface area contributed by atoms with E-state index in [4.69, 9.17) is 18.5 Å². The Bertz CT molecular complexity index is 1020. The number of benzene rings is 2. The number of hydrogen-bond donors (Lipinski definition) is 0. The molecule has 2 rings (SSSR count). The Balaban J connectivity index is 2.90. The minimum Gasteiger partial charge on any atom is -0.466 e. The number of nitro benzene ring substituents is 1. The largest absolute Gasteiger partial charge is 0.466 e. The molecule has 0 saturated carbocycles. The summed E-state index contributed by atoms with van der Waals surface area (Å²) < 4.78 is 44.2. The number of hydrogen-bond acceptors (Lipinski definition) is 5. The SMILES string of the molecule is [2H]c1c([2H])c([N+](=O)[O-])c(N(C(=O)C([2H])([2H])C(=O)OCC)c2ccccc2)c([2H])c1Cl. The van der Waals surface area contributed by atoms with Crippen LogP contribution in [0.1, 0.15) is 20.2 Å². The van der Waals surface area contributed by atoms with Gasteiger partial charge in [0.1, 0.15) is 12.1 Å². The number of para-hydroxylation sites is 1. The highest BCUT2D eigenvalue weighted by Gasteiger charge is 2.28. The minimum atomic E-state index is -3.28. The van der Waals surface area contributed by atoms with Gasteiger partial charge in [0, 0.05) is 19.5 Å². The van der Waals surface area contributed by atoms with Crippen molar-refractivity contribution in [3.8, 4) is 0 Å². The van der Waals surface area contributed by atoms with Gasteiger partial charge in [-0.1, -0.05) is 29.8 Å². The second kappa shape index (κ2) is 8.25. The molecule has 0 N–H and O–H groups in total. The van der Waals surface area contributed by atoms with Crippen molar-refractivity contribution in [2.75, 3.05) is 11.5 Å². The first-order valence-corrected chi connectivity index (χ1v) is 7.35. The van der Waals surface area contributed by atoms with E-state index < -0.39 is 57.7 Å².